The van der Waals surface area contributed by atoms with Crippen LogP contribution in [0.15, 0.2) is 12.1 Å². The molecule has 5 nitrogen and oxygen atoms in total. The van der Waals surface area contributed by atoms with Gasteiger partial charge in [-0.05, 0) is 31.2 Å². The number of nitrogens with one attached hydrogen (secondary N) is 1. The summed E-state index contributed by atoms with van der Waals surface area (Å²) in [5, 5.41) is 13.5. The van der Waals surface area contributed by atoms with E-state index in [1.807, 2.05) is 11.0 Å². The number of amides is 2. The molecule has 0 spiro atoms. The zero-order chi connectivity index (χ0) is 16.8. The highest BCUT2D eigenvalue weighted by Crippen LogP contribution is 2.43. The molecule has 4 aliphatic rings. The van der Waals surface area contributed by atoms with Crippen molar-refractivity contribution < 1.29 is 14.6 Å². The van der Waals surface area contributed by atoms with E-state index in [9.17, 15) is 9.90 Å². The van der Waals surface area contributed by atoms with Crippen LogP contribution in [-0.2, 0) is 0 Å². The Hall–Kier alpha value is -1.17. The molecule has 1 saturated carbocycles. The molecular weight excluding hydrogens is 351 g/mol. The van der Waals surface area contributed by atoms with Crippen LogP contribution in [0.4, 0.5) is 4.79 Å². The number of rotatable bonds is 2. The smallest absolute Gasteiger partial charge is 0.318 e. The highest BCUT2D eigenvalue weighted by Gasteiger charge is 2.43. The van der Waals surface area contributed by atoms with E-state index in [0.29, 0.717) is 28.3 Å². The van der Waals surface area contributed by atoms with Crippen LogP contribution < -0.4 is 10.1 Å². The molecule has 130 valence electrons. The van der Waals surface area contributed by atoms with Gasteiger partial charge in [-0.1, -0.05) is 29.3 Å². The topological polar surface area (TPSA) is 61.8 Å². The van der Waals surface area contributed by atoms with E-state index >= 15 is 0 Å². The number of benzene rings is 1. The lowest BCUT2D eigenvalue weighted by Gasteiger charge is -2.49. The number of hydrogen-bond donors (Lipinski definition) is 2. The van der Waals surface area contributed by atoms with Gasteiger partial charge in [0, 0.05) is 30.7 Å². The Morgan fingerprint density at radius 1 is 1.38 bits per heavy atom. The van der Waals surface area contributed by atoms with Crippen LogP contribution in [0.25, 0.3) is 0 Å². The third-order valence-corrected chi connectivity index (χ3v) is 6.34. The molecule has 3 heterocycles. The van der Waals surface area contributed by atoms with Gasteiger partial charge in [-0.3, -0.25) is 0 Å². The summed E-state index contributed by atoms with van der Waals surface area (Å²) in [6.07, 6.45) is 3.14. The Balaban J connectivity index is 1.49. The molecule has 2 saturated heterocycles. The van der Waals surface area contributed by atoms with Crippen LogP contribution in [0, 0.1) is 11.8 Å². The molecule has 2 N–H and O–H groups in total. The van der Waals surface area contributed by atoms with Gasteiger partial charge in [-0.25, -0.2) is 4.79 Å². The minimum Gasteiger partial charge on any atom is -0.489 e. The summed E-state index contributed by atoms with van der Waals surface area (Å²) in [6, 6.07) is 3.39. The third-order valence-electron chi connectivity index (χ3n) is 5.55. The van der Waals surface area contributed by atoms with Crippen molar-refractivity contribution in [1.29, 1.82) is 0 Å². The summed E-state index contributed by atoms with van der Waals surface area (Å²) in [5.41, 5.74) is 0.860. The van der Waals surface area contributed by atoms with Crippen LogP contribution in [0.3, 0.4) is 0 Å². The zero-order valence-corrected chi connectivity index (χ0v) is 14.7. The van der Waals surface area contributed by atoms with Crippen LogP contribution >= 0.6 is 23.2 Å². The molecule has 2 amide bonds. The summed E-state index contributed by atoms with van der Waals surface area (Å²) in [7, 11) is 0. The number of hydrogen-bond acceptors (Lipinski definition) is 3. The number of nitrogens with zero attached hydrogens (tertiary/aromatic N) is 1. The summed E-state index contributed by atoms with van der Waals surface area (Å²) < 4.78 is 5.63. The van der Waals surface area contributed by atoms with Crippen molar-refractivity contribution in [1.82, 2.24) is 10.2 Å². The van der Waals surface area contributed by atoms with Gasteiger partial charge < -0.3 is 20.1 Å². The lowest BCUT2D eigenvalue weighted by Crippen LogP contribution is -2.58. The molecule has 24 heavy (non-hydrogen) atoms. The Kier molecular flexibility index (Phi) is 4.27. The van der Waals surface area contributed by atoms with Gasteiger partial charge in [-0.15, -0.1) is 0 Å². The molecule has 4 unspecified atom stereocenters. The Morgan fingerprint density at radius 3 is 2.96 bits per heavy atom. The molecule has 3 fully saturated rings. The van der Waals surface area contributed by atoms with Gasteiger partial charge in [0.1, 0.15) is 17.4 Å². The molecule has 5 rings (SSSR count). The summed E-state index contributed by atoms with van der Waals surface area (Å²) >= 11 is 12.2. The molecular formula is C17H20Cl2N2O3. The largest absolute Gasteiger partial charge is 0.489 e. The highest BCUT2D eigenvalue weighted by molar-refractivity contribution is 6.43. The van der Waals surface area contributed by atoms with E-state index in [2.05, 4.69) is 5.32 Å². The van der Waals surface area contributed by atoms with Crippen molar-refractivity contribution in [3.63, 3.8) is 0 Å². The Morgan fingerprint density at radius 2 is 2.21 bits per heavy atom. The number of fused-ring (bicyclic) bond motifs is 4. The molecule has 7 heteroatoms. The monoisotopic (exact) mass is 370 g/mol. The number of carbonyl (C=O) groups is 1. The summed E-state index contributed by atoms with van der Waals surface area (Å²) in [6.45, 7) is 1.27. The van der Waals surface area contributed by atoms with Crippen LogP contribution in [0.1, 0.15) is 30.9 Å². The second-order valence-electron chi connectivity index (χ2n) is 6.93. The quantitative estimate of drug-likeness (QED) is 0.839. The van der Waals surface area contributed by atoms with Crippen molar-refractivity contribution in [2.45, 2.75) is 31.3 Å². The van der Waals surface area contributed by atoms with E-state index < -0.39 is 0 Å². The minimum absolute atomic E-state index is 0.0876. The van der Waals surface area contributed by atoms with E-state index in [0.717, 1.165) is 31.4 Å². The van der Waals surface area contributed by atoms with Gasteiger partial charge in [0.05, 0.1) is 11.1 Å². The number of aliphatic hydroxyl groups excluding tert-OH is 1. The van der Waals surface area contributed by atoms with Gasteiger partial charge in [-0.2, -0.15) is 0 Å². The van der Waals surface area contributed by atoms with Crippen LogP contribution in [0.2, 0.25) is 10.0 Å². The highest BCUT2D eigenvalue weighted by atomic mass is 35.5. The maximum absolute atomic E-state index is 12.8. The van der Waals surface area contributed by atoms with Crippen molar-refractivity contribution in [3.05, 3.63) is 27.7 Å². The molecule has 1 aliphatic carbocycles. The first-order valence-corrected chi connectivity index (χ1v) is 9.12. The first-order valence-electron chi connectivity index (χ1n) is 8.37. The van der Waals surface area contributed by atoms with E-state index in [1.54, 1.807) is 6.07 Å². The lowest BCUT2D eigenvalue weighted by atomic mass is 9.73. The lowest BCUT2D eigenvalue weighted by molar-refractivity contribution is 0.00312. The molecule has 2 bridgehead atoms. The van der Waals surface area contributed by atoms with E-state index in [-0.39, 0.29) is 30.6 Å². The first-order chi connectivity index (χ1) is 11.6. The summed E-state index contributed by atoms with van der Waals surface area (Å²) in [4.78, 5) is 14.7. The number of aliphatic hydroxyl groups is 1. The number of carbonyl (C=O) groups excluding carboxylic acids is 1. The second kappa shape index (κ2) is 6.28. The molecule has 0 aromatic heterocycles. The molecule has 0 radical (unpaired) electrons. The first kappa shape index (κ1) is 16.3. The van der Waals surface area contributed by atoms with E-state index in [1.165, 1.54) is 0 Å². The maximum atomic E-state index is 12.8. The molecule has 1 aromatic rings. The Bertz CT molecular complexity index is 669. The zero-order valence-electron chi connectivity index (χ0n) is 13.2. The SMILES string of the molecule is O=C(NC1COc2c1ccc(Cl)c2Cl)N1CC2CCC1C(CO)C2. The maximum Gasteiger partial charge on any atom is 0.318 e. The van der Waals surface area contributed by atoms with Crippen LogP contribution in [0.5, 0.6) is 5.75 Å². The molecule has 3 aliphatic heterocycles. The van der Waals surface area contributed by atoms with Crippen molar-refractivity contribution in [2.24, 2.45) is 11.8 Å². The van der Waals surface area contributed by atoms with Gasteiger partial charge in [0.25, 0.3) is 0 Å². The van der Waals surface area contributed by atoms with Crippen molar-refractivity contribution in [3.8, 4) is 5.75 Å². The summed E-state index contributed by atoms with van der Waals surface area (Å²) in [5.74, 6) is 1.25. The fraction of sp³-hybridized carbons (Fsp3) is 0.588. The Labute approximate surface area is 150 Å². The number of halogens is 2. The molecule has 1 aromatic carbocycles. The van der Waals surface area contributed by atoms with Crippen molar-refractivity contribution in [2.75, 3.05) is 19.8 Å². The molecule has 4 atom stereocenters. The normalized spacial score (nSPS) is 30.9. The van der Waals surface area contributed by atoms with Gasteiger partial charge >= 0.3 is 6.03 Å². The third kappa shape index (κ3) is 2.63. The fourth-order valence-electron chi connectivity index (χ4n) is 4.34. The minimum atomic E-state index is -0.227. The second-order valence-corrected chi connectivity index (χ2v) is 7.72. The fourth-order valence-corrected chi connectivity index (χ4v) is 4.72. The van der Waals surface area contributed by atoms with E-state index in [4.69, 9.17) is 27.9 Å². The van der Waals surface area contributed by atoms with Gasteiger partial charge in [0.15, 0.2) is 0 Å². The average molecular weight is 371 g/mol. The van der Waals surface area contributed by atoms with Crippen LogP contribution in [-0.4, -0.2) is 41.8 Å². The standard InChI is InChI=1S/C17H20Cl2N2O3/c18-12-3-2-11-13(8-24-16(11)15(12)19)20-17(23)21-6-9-1-4-14(21)10(5-9)7-22/h2-3,9-10,13-14,22H,1,4-8H2,(H,20,23). The number of piperidine rings is 2. The predicted octanol–water partition coefficient (Wildman–Crippen LogP) is 3.23. The van der Waals surface area contributed by atoms with Gasteiger partial charge in [0.2, 0.25) is 0 Å². The number of ether oxygens (including phenoxy) is 1. The average Bonchev–Trinajstić information content (AvgIpc) is 3.01. The predicted molar refractivity (Wildman–Crippen MR) is 91.6 cm³/mol. The number of urea groups is 1. The van der Waals surface area contributed by atoms with Crippen molar-refractivity contribution >= 4 is 29.2 Å².